The molecule has 1 unspecified atom stereocenters. The number of likely N-dealkylation sites (N-methyl/N-ethyl adjacent to an activating group) is 1. The van der Waals surface area contributed by atoms with E-state index in [1.54, 1.807) is 11.9 Å². The lowest BCUT2D eigenvalue weighted by Gasteiger charge is -2.28. The zero-order chi connectivity index (χ0) is 12.2. The maximum absolute atomic E-state index is 11.7. The lowest BCUT2D eigenvalue weighted by atomic mass is 9.85. The van der Waals surface area contributed by atoms with Crippen LogP contribution in [-0.4, -0.2) is 30.4 Å². The van der Waals surface area contributed by atoms with Crippen LogP contribution in [0, 0.1) is 5.41 Å². The van der Waals surface area contributed by atoms with Crippen molar-refractivity contribution in [1.82, 2.24) is 4.90 Å². The molecule has 0 aromatic heterocycles. The summed E-state index contributed by atoms with van der Waals surface area (Å²) in [5.41, 5.74) is 6.90. The Hall–Kier alpha value is -0.830. The molecule has 0 spiro atoms. The van der Waals surface area contributed by atoms with E-state index in [2.05, 4.69) is 6.58 Å². The Kier molecular flexibility index (Phi) is 5.01. The fourth-order valence-corrected chi connectivity index (χ4v) is 1.14. The minimum Gasteiger partial charge on any atom is -0.342 e. The van der Waals surface area contributed by atoms with E-state index in [-0.39, 0.29) is 17.4 Å². The van der Waals surface area contributed by atoms with E-state index >= 15 is 0 Å². The van der Waals surface area contributed by atoms with Crippen LogP contribution >= 0.6 is 0 Å². The molecule has 1 amide bonds. The lowest BCUT2D eigenvalue weighted by Crippen LogP contribution is -2.41. The average Bonchev–Trinajstić information content (AvgIpc) is 2.00. The predicted molar refractivity (Wildman–Crippen MR) is 64.5 cm³/mol. The van der Waals surface area contributed by atoms with Crippen LogP contribution in [0.25, 0.3) is 0 Å². The highest BCUT2D eigenvalue weighted by Gasteiger charge is 2.24. The Morgan fingerprint density at radius 1 is 1.47 bits per heavy atom. The predicted octanol–water partition coefficient (Wildman–Crippen LogP) is 1.78. The quantitative estimate of drug-likeness (QED) is 0.722. The van der Waals surface area contributed by atoms with Gasteiger partial charge in [-0.3, -0.25) is 4.79 Å². The topological polar surface area (TPSA) is 46.3 Å². The largest absolute Gasteiger partial charge is 0.342 e. The van der Waals surface area contributed by atoms with Gasteiger partial charge in [-0.25, -0.2) is 0 Å². The first-order valence-corrected chi connectivity index (χ1v) is 5.28. The van der Waals surface area contributed by atoms with Crippen molar-refractivity contribution in [2.45, 2.75) is 40.2 Å². The Morgan fingerprint density at radius 2 is 1.93 bits per heavy atom. The van der Waals surface area contributed by atoms with Gasteiger partial charge in [-0.15, -0.1) is 0 Å². The van der Waals surface area contributed by atoms with Crippen LogP contribution < -0.4 is 5.73 Å². The van der Waals surface area contributed by atoms with Gasteiger partial charge >= 0.3 is 0 Å². The van der Waals surface area contributed by atoms with Gasteiger partial charge in [0.1, 0.15) is 0 Å². The molecule has 0 aromatic rings. The first-order valence-electron chi connectivity index (χ1n) is 5.28. The number of carbonyl (C=O) groups is 1. The number of nitrogens with zero attached hydrogens (tertiary/aromatic N) is 1. The van der Waals surface area contributed by atoms with Gasteiger partial charge in [0, 0.05) is 26.1 Å². The molecule has 0 aliphatic rings. The van der Waals surface area contributed by atoms with Crippen LogP contribution in [0.4, 0.5) is 0 Å². The maximum Gasteiger partial charge on any atom is 0.224 e. The first-order chi connectivity index (χ1) is 6.64. The number of hydrogen-bond acceptors (Lipinski definition) is 2. The Labute approximate surface area is 93.3 Å². The fourth-order valence-electron chi connectivity index (χ4n) is 1.14. The molecule has 0 fully saturated rings. The molecule has 88 valence electrons. The summed E-state index contributed by atoms with van der Waals surface area (Å²) < 4.78 is 0. The van der Waals surface area contributed by atoms with E-state index in [1.165, 1.54) is 0 Å². The molecule has 3 heteroatoms. The summed E-state index contributed by atoms with van der Waals surface area (Å²) in [5, 5.41) is 0. The van der Waals surface area contributed by atoms with Crippen molar-refractivity contribution in [2.75, 3.05) is 13.6 Å². The summed E-state index contributed by atoms with van der Waals surface area (Å²) in [6.45, 7) is 12.4. The molecule has 0 aromatic carbocycles. The third-order valence-corrected chi connectivity index (χ3v) is 2.44. The van der Waals surface area contributed by atoms with Crippen molar-refractivity contribution >= 4 is 5.91 Å². The minimum atomic E-state index is -0.0995. The molecular formula is C12H24N2O. The van der Waals surface area contributed by atoms with Crippen molar-refractivity contribution in [1.29, 1.82) is 0 Å². The molecule has 1 atom stereocenters. The highest BCUT2D eigenvalue weighted by atomic mass is 16.2. The van der Waals surface area contributed by atoms with Crippen molar-refractivity contribution in [3.05, 3.63) is 12.2 Å². The highest BCUT2D eigenvalue weighted by molar-refractivity contribution is 5.76. The molecule has 2 N–H and O–H groups in total. The number of hydrogen-bond donors (Lipinski definition) is 1. The van der Waals surface area contributed by atoms with Crippen molar-refractivity contribution in [3.8, 4) is 0 Å². The lowest BCUT2D eigenvalue weighted by molar-refractivity contribution is -0.130. The molecular weight excluding hydrogens is 188 g/mol. The second kappa shape index (κ2) is 5.31. The van der Waals surface area contributed by atoms with Crippen LogP contribution in [-0.2, 0) is 4.79 Å². The van der Waals surface area contributed by atoms with Gasteiger partial charge in [-0.2, -0.15) is 0 Å². The summed E-state index contributed by atoms with van der Waals surface area (Å²) in [6, 6.07) is -0.0995. The molecule has 0 saturated carbocycles. The third-order valence-electron chi connectivity index (χ3n) is 2.44. The van der Waals surface area contributed by atoms with Gasteiger partial charge in [0.15, 0.2) is 0 Å². The van der Waals surface area contributed by atoms with Gasteiger partial charge < -0.3 is 10.6 Å². The summed E-state index contributed by atoms with van der Waals surface area (Å²) in [6.07, 6.45) is 0.396. The first kappa shape index (κ1) is 14.2. The molecule has 0 saturated heterocycles. The molecule has 0 heterocycles. The van der Waals surface area contributed by atoms with E-state index in [9.17, 15) is 4.79 Å². The van der Waals surface area contributed by atoms with Crippen molar-refractivity contribution in [3.63, 3.8) is 0 Å². The normalized spacial score (nSPS) is 13.5. The van der Waals surface area contributed by atoms with E-state index < -0.39 is 0 Å². The molecule has 0 aliphatic heterocycles. The van der Waals surface area contributed by atoms with E-state index in [4.69, 9.17) is 5.73 Å². The van der Waals surface area contributed by atoms with Crippen molar-refractivity contribution in [2.24, 2.45) is 11.1 Å². The summed E-state index contributed by atoms with van der Waals surface area (Å²) in [7, 11) is 1.78. The second-order valence-corrected chi connectivity index (χ2v) is 5.38. The number of amides is 1. The molecule has 15 heavy (non-hydrogen) atoms. The van der Waals surface area contributed by atoms with E-state index in [1.807, 2.05) is 27.7 Å². The summed E-state index contributed by atoms with van der Waals surface area (Å²) in [4.78, 5) is 13.4. The SMILES string of the molecule is C=C(C)CN(C)C(=O)CC(N)C(C)(C)C. The van der Waals surface area contributed by atoms with Crippen LogP contribution in [0.1, 0.15) is 34.1 Å². The van der Waals surface area contributed by atoms with Crippen LogP contribution in [0.5, 0.6) is 0 Å². The maximum atomic E-state index is 11.7. The van der Waals surface area contributed by atoms with Gasteiger partial charge in [0.05, 0.1) is 0 Å². The van der Waals surface area contributed by atoms with Gasteiger partial charge in [0.2, 0.25) is 5.91 Å². The minimum absolute atomic E-state index is 0.0281. The Balaban J connectivity index is 4.19. The molecule has 0 aliphatic carbocycles. The third kappa shape index (κ3) is 5.57. The zero-order valence-electron chi connectivity index (χ0n) is 10.6. The Bertz CT molecular complexity index is 240. The van der Waals surface area contributed by atoms with Gasteiger partial charge in [-0.1, -0.05) is 32.9 Å². The highest BCUT2D eigenvalue weighted by Crippen LogP contribution is 2.20. The Morgan fingerprint density at radius 3 is 2.27 bits per heavy atom. The van der Waals surface area contributed by atoms with Gasteiger partial charge in [0.25, 0.3) is 0 Å². The molecule has 3 nitrogen and oxygen atoms in total. The van der Waals surface area contributed by atoms with Crippen LogP contribution in [0.15, 0.2) is 12.2 Å². The second-order valence-electron chi connectivity index (χ2n) is 5.38. The standard InChI is InChI=1S/C12H24N2O/c1-9(2)8-14(6)11(15)7-10(13)12(3,4)5/h10H,1,7-8,13H2,2-6H3. The van der Waals surface area contributed by atoms with Crippen LogP contribution in [0.3, 0.4) is 0 Å². The number of rotatable bonds is 4. The smallest absolute Gasteiger partial charge is 0.224 e. The summed E-state index contributed by atoms with van der Waals surface area (Å²) >= 11 is 0. The zero-order valence-corrected chi connectivity index (χ0v) is 10.6. The molecule has 0 radical (unpaired) electrons. The van der Waals surface area contributed by atoms with E-state index in [0.29, 0.717) is 13.0 Å². The number of carbonyl (C=O) groups excluding carboxylic acids is 1. The monoisotopic (exact) mass is 212 g/mol. The fraction of sp³-hybridized carbons (Fsp3) is 0.750. The van der Waals surface area contributed by atoms with Gasteiger partial charge in [-0.05, 0) is 12.3 Å². The molecule has 0 rings (SSSR count). The summed E-state index contributed by atoms with van der Waals surface area (Å²) in [5.74, 6) is 0.0837. The van der Waals surface area contributed by atoms with Crippen molar-refractivity contribution < 1.29 is 4.79 Å². The number of nitrogens with two attached hydrogens (primary N) is 1. The van der Waals surface area contributed by atoms with Crippen LogP contribution in [0.2, 0.25) is 0 Å². The van der Waals surface area contributed by atoms with E-state index in [0.717, 1.165) is 5.57 Å². The average molecular weight is 212 g/mol. The molecule has 0 bridgehead atoms.